The van der Waals surface area contributed by atoms with Crippen LogP contribution in [0.1, 0.15) is 463 Å². The molecule has 0 aromatic heterocycles. The van der Waals surface area contributed by atoms with Crippen molar-refractivity contribution >= 4 is 11.9 Å². The van der Waals surface area contributed by atoms with Crippen molar-refractivity contribution in [3.63, 3.8) is 0 Å². The van der Waals surface area contributed by atoms with Crippen molar-refractivity contribution in [2.24, 2.45) is 0 Å². The molecule has 0 saturated carbocycles. The zero-order chi connectivity index (χ0) is 62.0. The van der Waals surface area contributed by atoms with Gasteiger partial charge >= 0.3 is 5.97 Å². The molecule has 0 aromatic carbocycles. The predicted molar refractivity (Wildman–Crippen MR) is 380 cm³/mol. The van der Waals surface area contributed by atoms with Gasteiger partial charge in [-0.15, -0.1) is 0 Å². The molecular formula is C80H157NO5. The van der Waals surface area contributed by atoms with Crippen LogP contribution in [-0.2, 0) is 14.3 Å². The molecule has 0 bridgehead atoms. The maximum Gasteiger partial charge on any atom is 0.305 e. The van der Waals surface area contributed by atoms with Gasteiger partial charge in [-0.3, -0.25) is 9.59 Å². The summed E-state index contributed by atoms with van der Waals surface area (Å²) in [4.78, 5) is 24.7. The van der Waals surface area contributed by atoms with Crippen LogP contribution in [-0.4, -0.2) is 47.4 Å². The summed E-state index contributed by atoms with van der Waals surface area (Å²) in [6.07, 6.45) is 96.2. The second-order valence-corrected chi connectivity index (χ2v) is 27.8. The Morgan fingerprint density at radius 1 is 0.314 bits per heavy atom. The number of hydrogen-bond donors (Lipinski definition) is 3. The highest BCUT2D eigenvalue weighted by Crippen LogP contribution is 2.20. The zero-order valence-electron chi connectivity index (χ0n) is 58.8. The molecule has 0 saturated heterocycles. The summed E-state index contributed by atoms with van der Waals surface area (Å²) in [5, 5.41) is 23.3. The van der Waals surface area contributed by atoms with Crippen molar-refractivity contribution in [1.29, 1.82) is 0 Å². The van der Waals surface area contributed by atoms with Gasteiger partial charge in [-0.2, -0.15) is 0 Å². The largest absolute Gasteiger partial charge is 0.466 e. The quantitative estimate of drug-likeness (QED) is 0.0320. The van der Waals surface area contributed by atoms with Crippen LogP contribution in [0.4, 0.5) is 0 Å². The number of ether oxygens (including phenoxy) is 1. The Bertz CT molecular complexity index is 1300. The average molecular weight is 1210 g/mol. The highest BCUT2D eigenvalue weighted by Gasteiger charge is 2.18. The SMILES string of the molecule is CCCCCCCCCCCCCCCCCCCCCCCC/C=C/C(O)C(CO)NC(=O)CCCCCCCCCCCCCCCCCCCCCCCCCCCCCCCOC(=O)CCCCCCCCCCCCCCCCCC. The molecule has 0 aliphatic carbocycles. The van der Waals surface area contributed by atoms with Crippen molar-refractivity contribution in [3.05, 3.63) is 12.2 Å². The number of hydrogen-bond acceptors (Lipinski definition) is 5. The van der Waals surface area contributed by atoms with Crippen LogP contribution < -0.4 is 5.32 Å². The molecule has 0 fully saturated rings. The molecule has 6 heteroatoms. The van der Waals surface area contributed by atoms with Gasteiger partial charge in [-0.25, -0.2) is 0 Å². The number of rotatable bonds is 76. The summed E-state index contributed by atoms with van der Waals surface area (Å²) in [6.45, 7) is 4.97. The van der Waals surface area contributed by atoms with Crippen LogP contribution >= 0.6 is 0 Å². The van der Waals surface area contributed by atoms with Crippen LogP contribution in [0.15, 0.2) is 12.2 Å². The molecule has 0 heterocycles. The van der Waals surface area contributed by atoms with E-state index >= 15 is 0 Å². The first kappa shape index (κ1) is 84.6. The Balaban J connectivity index is 3.35. The minimum Gasteiger partial charge on any atom is -0.466 e. The van der Waals surface area contributed by atoms with E-state index in [1.807, 2.05) is 6.08 Å². The average Bonchev–Trinajstić information content (AvgIpc) is 3.58. The summed E-state index contributed by atoms with van der Waals surface area (Å²) in [7, 11) is 0. The topological polar surface area (TPSA) is 95.9 Å². The number of carbonyl (C=O) groups is 2. The molecule has 0 radical (unpaired) electrons. The van der Waals surface area contributed by atoms with E-state index in [-0.39, 0.29) is 18.5 Å². The number of aliphatic hydroxyl groups is 2. The molecule has 3 N–H and O–H groups in total. The van der Waals surface area contributed by atoms with Crippen molar-refractivity contribution in [2.75, 3.05) is 13.2 Å². The minimum atomic E-state index is -0.843. The number of amides is 1. The number of esters is 1. The lowest BCUT2D eigenvalue weighted by Crippen LogP contribution is -2.45. The number of nitrogens with one attached hydrogen (secondary N) is 1. The molecule has 0 aromatic rings. The lowest BCUT2D eigenvalue weighted by Gasteiger charge is -2.20. The fourth-order valence-electron chi connectivity index (χ4n) is 13.0. The van der Waals surface area contributed by atoms with E-state index in [9.17, 15) is 19.8 Å². The van der Waals surface area contributed by atoms with E-state index in [0.29, 0.717) is 19.4 Å². The van der Waals surface area contributed by atoms with E-state index in [4.69, 9.17) is 4.74 Å². The van der Waals surface area contributed by atoms with E-state index in [2.05, 4.69) is 19.2 Å². The fourth-order valence-corrected chi connectivity index (χ4v) is 13.0. The van der Waals surface area contributed by atoms with E-state index in [1.165, 1.54) is 398 Å². The third kappa shape index (κ3) is 71.7. The molecule has 6 nitrogen and oxygen atoms in total. The van der Waals surface area contributed by atoms with Gasteiger partial charge in [0.15, 0.2) is 0 Å². The van der Waals surface area contributed by atoms with Gasteiger partial charge in [0.25, 0.3) is 0 Å². The standard InChI is InChI=1S/C80H157NO5/c1-3-5-7-9-11-13-15-17-19-21-22-23-24-32-35-38-41-44-48-52-56-60-64-68-72-78(83)77(76-82)81-79(84)73-69-65-61-57-53-49-45-42-39-36-33-30-28-26-25-27-29-31-34-37-40-43-47-51-55-59-63-67-71-75-86-80(85)74-70-66-62-58-54-50-46-20-18-16-14-12-10-8-6-4-2/h68,72,77-78,82-83H,3-67,69-71,73-76H2,1-2H3,(H,81,84)/b72-68+. The monoisotopic (exact) mass is 1210 g/mol. The first-order valence-corrected chi connectivity index (χ1v) is 40.0. The molecule has 2 atom stereocenters. The summed E-state index contributed by atoms with van der Waals surface area (Å²) in [5.74, 6) is -0.0346. The highest BCUT2D eigenvalue weighted by atomic mass is 16.5. The number of allylic oxidation sites excluding steroid dienone is 1. The second kappa shape index (κ2) is 76.1. The van der Waals surface area contributed by atoms with Crippen LogP contribution in [0, 0.1) is 0 Å². The van der Waals surface area contributed by atoms with E-state index < -0.39 is 12.1 Å². The van der Waals surface area contributed by atoms with Crippen LogP contribution in [0.3, 0.4) is 0 Å². The van der Waals surface area contributed by atoms with Crippen LogP contribution in [0.25, 0.3) is 0 Å². The molecule has 1 amide bonds. The highest BCUT2D eigenvalue weighted by molar-refractivity contribution is 5.76. The molecule has 0 aliphatic rings. The molecule has 2 unspecified atom stereocenters. The summed E-state index contributed by atoms with van der Waals surface area (Å²) in [5.41, 5.74) is 0. The van der Waals surface area contributed by atoms with Gasteiger partial charge in [-0.1, -0.05) is 431 Å². The predicted octanol–water partition coefficient (Wildman–Crippen LogP) is 26.3. The van der Waals surface area contributed by atoms with Gasteiger partial charge < -0.3 is 20.3 Å². The van der Waals surface area contributed by atoms with E-state index in [0.717, 1.165) is 38.5 Å². The van der Waals surface area contributed by atoms with Crippen molar-refractivity contribution in [2.45, 2.75) is 475 Å². The van der Waals surface area contributed by atoms with Gasteiger partial charge in [0.2, 0.25) is 5.91 Å². The number of carbonyl (C=O) groups excluding carboxylic acids is 2. The molecule has 0 spiro atoms. The summed E-state index contributed by atoms with van der Waals surface area (Å²) >= 11 is 0. The summed E-state index contributed by atoms with van der Waals surface area (Å²) in [6, 6.07) is -0.626. The summed E-state index contributed by atoms with van der Waals surface area (Å²) < 4.78 is 5.51. The smallest absolute Gasteiger partial charge is 0.305 e. The number of unbranched alkanes of at least 4 members (excludes halogenated alkanes) is 65. The van der Waals surface area contributed by atoms with Gasteiger partial charge in [0, 0.05) is 12.8 Å². The van der Waals surface area contributed by atoms with E-state index in [1.54, 1.807) is 6.08 Å². The van der Waals surface area contributed by atoms with Gasteiger partial charge in [-0.05, 0) is 32.1 Å². The molecular weight excluding hydrogens is 1050 g/mol. The third-order valence-electron chi connectivity index (χ3n) is 19.1. The Hall–Kier alpha value is -1.40. The minimum absolute atomic E-state index is 0.0240. The van der Waals surface area contributed by atoms with Crippen molar-refractivity contribution in [1.82, 2.24) is 5.32 Å². The maximum atomic E-state index is 12.6. The fraction of sp³-hybridized carbons (Fsp3) is 0.950. The Kier molecular flexibility index (Phi) is 74.8. The van der Waals surface area contributed by atoms with Gasteiger partial charge in [0.1, 0.15) is 0 Å². The lowest BCUT2D eigenvalue weighted by atomic mass is 10.0. The lowest BCUT2D eigenvalue weighted by molar-refractivity contribution is -0.143. The normalized spacial score (nSPS) is 12.5. The Morgan fingerprint density at radius 2 is 0.535 bits per heavy atom. The molecule has 0 rings (SSSR count). The molecule has 0 aliphatic heterocycles. The number of aliphatic hydroxyl groups excluding tert-OH is 2. The third-order valence-corrected chi connectivity index (χ3v) is 19.1. The Labute approximate surface area is 539 Å². The molecule has 512 valence electrons. The Morgan fingerprint density at radius 3 is 0.791 bits per heavy atom. The molecule has 86 heavy (non-hydrogen) atoms. The zero-order valence-corrected chi connectivity index (χ0v) is 58.8. The van der Waals surface area contributed by atoms with Crippen LogP contribution in [0.5, 0.6) is 0 Å². The second-order valence-electron chi connectivity index (χ2n) is 27.8. The van der Waals surface area contributed by atoms with Gasteiger partial charge in [0.05, 0.1) is 25.4 Å². The first-order chi connectivity index (χ1) is 42.5. The van der Waals surface area contributed by atoms with Crippen LogP contribution in [0.2, 0.25) is 0 Å². The first-order valence-electron chi connectivity index (χ1n) is 40.0. The van der Waals surface area contributed by atoms with Crippen molar-refractivity contribution < 1.29 is 24.5 Å². The maximum absolute atomic E-state index is 12.6. The van der Waals surface area contributed by atoms with Crippen molar-refractivity contribution in [3.8, 4) is 0 Å².